The van der Waals surface area contributed by atoms with E-state index >= 15 is 0 Å². The quantitative estimate of drug-likeness (QED) is 0.766. The molecule has 1 heterocycles. The highest BCUT2D eigenvalue weighted by Crippen LogP contribution is 2.33. The standard InChI is InChI=1S/C15H13ClF3N3O3/c1-7-9(13(24)22-14(25)20-7)3-5-12(23)21-11-6-8(15(17,18)19)2-4-10(11)16/h2,4,6H,3,5H2,1H3,(H,21,23)(H2,20,22,24,25). The van der Waals surface area contributed by atoms with E-state index in [1.807, 2.05) is 4.98 Å². The van der Waals surface area contributed by atoms with Gasteiger partial charge in [-0.05, 0) is 31.5 Å². The first-order valence-corrected chi connectivity index (χ1v) is 7.44. The molecule has 25 heavy (non-hydrogen) atoms. The molecule has 10 heteroatoms. The van der Waals surface area contributed by atoms with E-state index in [1.54, 1.807) is 0 Å². The molecule has 2 rings (SSSR count). The molecular weight excluding hydrogens is 363 g/mol. The van der Waals surface area contributed by atoms with Crippen molar-refractivity contribution in [2.75, 3.05) is 5.32 Å². The summed E-state index contributed by atoms with van der Waals surface area (Å²) in [7, 11) is 0. The number of aromatic amines is 2. The van der Waals surface area contributed by atoms with Crippen molar-refractivity contribution >= 4 is 23.2 Å². The molecule has 0 aliphatic heterocycles. The van der Waals surface area contributed by atoms with Gasteiger partial charge in [0.2, 0.25) is 5.91 Å². The van der Waals surface area contributed by atoms with Crippen molar-refractivity contribution in [3.05, 3.63) is 60.9 Å². The van der Waals surface area contributed by atoms with Crippen LogP contribution >= 0.6 is 11.6 Å². The second-order valence-corrected chi connectivity index (χ2v) is 5.66. The third-order valence-electron chi connectivity index (χ3n) is 3.42. The number of halogens is 4. The first-order chi connectivity index (χ1) is 11.6. The van der Waals surface area contributed by atoms with Gasteiger partial charge in [0.15, 0.2) is 0 Å². The number of carbonyl (C=O) groups is 1. The van der Waals surface area contributed by atoms with E-state index in [9.17, 15) is 27.6 Å². The van der Waals surface area contributed by atoms with Crippen LogP contribution in [0.25, 0.3) is 0 Å². The Bertz CT molecular complexity index is 919. The fourth-order valence-corrected chi connectivity index (χ4v) is 2.34. The van der Waals surface area contributed by atoms with Gasteiger partial charge >= 0.3 is 11.9 Å². The normalized spacial score (nSPS) is 11.4. The maximum atomic E-state index is 12.7. The fourth-order valence-electron chi connectivity index (χ4n) is 2.18. The van der Waals surface area contributed by atoms with Gasteiger partial charge in [-0.2, -0.15) is 13.2 Å². The number of hydrogen-bond acceptors (Lipinski definition) is 3. The van der Waals surface area contributed by atoms with Gasteiger partial charge in [0.1, 0.15) is 0 Å². The van der Waals surface area contributed by atoms with Crippen LogP contribution in [0.15, 0.2) is 27.8 Å². The number of nitrogens with one attached hydrogen (secondary N) is 3. The molecule has 0 aliphatic rings. The largest absolute Gasteiger partial charge is 0.416 e. The van der Waals surface area contributed by atoms with Crippen LogP contribution in [0, 0.1) is 6.92 Å². The molecule has 3 N–H and O–H groups in total. The van der Waals surface area contributed by atoms with Crippen molar-refractivity contribution in [2.45, 2.75) is 25.9 Å². The first-order valence-electron chi connectivity index (χ1n) is 7.06. The Morgan fingerprint density at radius 2 is 1.92 bits per heavy atom. The van der Waals surface area contributed by atoms with Gasteiger partial charge in [0, 0.05) is 17.7 Å². The molecule has 1 aromatic heterocycles. The van der Waals surface area contributed by atoms with Gasteiger partial charge in [-0.3, -0.25) is 14.6 Å². The van der Waals surface area contributed by atoms with Crippen molar-refractivity contribution in [1.82, 2.24) is 9.97 Å². The van der Waals surface area contributed by atoms with Crippen molar-refractivity contribution in [3.8, 4) is 0 Å². The van der Waals surface area contributed by atoms with Crippen molar-refractivity contribution < 1.29 is 18.0 Å². The molecule has 0 unspecified atom stereocenters. The number of aromatic nitrogens is 2. The number of hydrogen-bond donors (Lipinski definition) is 3. The number of benzene rings is 1. The number of alkyl halides is 3. The van der Waals surface area contributed by atoms with E-state index in [0.717, 1.165) is 18.2 Å². The van der Waals surface area contributed by atoms with Crippen LogP contribution in [-0.4, -0.2) is 15.9 Å². The molecule has 6 nitrogen and oxygen atoms in total. The molecule has 0 atom stereocenters. The third-order valence-corrected chi connectivity index (χ3v) is 3.75. The third kappa shape index (κ3) is 4.72. The van der Waals surface area contributed by atoms with Gasteiger partial charge in [-0.15, -0.1) is 0 Å². The van der Waals surface area contributed by atoms with Gasteiger partial charge in [-0.1, -0.05) is 11.6 Å². The van der Waals surface area contributed by atoms with Gasteiger partial charge in [-0.25, -0.2) is 4.79 Å². The summed E-state index contributed by atoms with van der Waals surface area (Å²) in [5.41, 5.74) is -1.87. The highest BCUT2D eigenvalue weighted by Gasteiger charge is 2.31. The minimum atomic E-state index is -4.57. The minimum absolute atomic E-state index is 0.000358. The Morgan fingerprint density at radius 3 is 2.52 bits per heavy atom. The van der Waals surface area contributed by atoms with E-state index in [4.69, 9.17) is 11.6 Å². The monoisotopic (exact) mass is 375 g/mol. The summed E-state index contributed by atoms with van der Waals surface area (Å²) >= 11 is 5.80. The van der Waals surface area contributed by atoms with Crippen molar-refractivity contribution in [1.29, 1.82) is 0 Å². The Labute approximate surface area is 144 Å². The van der Waals surface area contributed by atoms with Crippen LogP contribution in [0.2, 0.25) is 5.02 Å². The lowest BCUT2D eigenvalue weighted by molar-refractivity contribution is -0.137. The second kappa shape index (κ2) is 7.14. The summed E-state index contributed by atoms with van der Waals surface area (Å²) < 4.78 is 38.1. The van der Waals surface area contributed by atoms with Gasteiger partial charge < -0.3 is 10.3 Å². The average Bonchev–Trinajstić information content (AvgIpc) is 2.47. The average molecular weight is 376 g/mol. The maximum Gasteiger partial charge on any atom is 0.416 e. The number of aryl methyl sites for hydroxylation is 1. The molecule has 0 fully saturated rings. The highest BCUT2D eigenvalue weighted by molar-refractivity contribution is 6.33. The summed E-state index contributed by atoms with van der Waals surface area (Å²) in [5.74, 6) is -0.619. The molecule has 0 radical (unpaired) electrons. The Morgan fingerprint density at radius 1 is 1.24 bits per heavy atom. The fraction of sp³-hybridized carbons (Fsp3) is 0.267. The SMILES string of the molecule is Cc1[nH]c(=O)[nH]c(=O)c1CCC(=O)Nc1cc(C(F)(F)F)ccc1Cl. The topological polar surface area (TPSA) is 94.8 Å². The lowest BCUT2D eigenvalue weighted by Crippen LogP contribution is -2.27. The summed E-state index contributed by atoms with van der Waals surface area (Å²) in [6.45, 7) is 1.51. The molecule has 0 bridgehead atoms. The van der Waals surface area contributed by atoms with Crippen molar-refractivity contribution in [3.63, 3.8) is 0 Å². The highest BCUT2D eigenvalue weighted by atomic mass is 35.5. The van der Waals surface area contributed by atoms with Crippen LogP contribution in [0.1, 0.15) is 23.2 Å². The van der Waals surface area contributed by atoms with E-state index < -0.39 is 28.9 Å². The predicted molar refractivity (Wildman–Crippen MR) is 85.8 cm³/mol. The Balaban J connectivity index is 2.11. The van der Waals surface area contributed by atoms with Gasteiger partial charge in [0.05, 0.1) is 16.3 Å². The number of rotatable bonds is 4. The zero-order chi connectivity index (χ0) is 18.8. The molecular formula is C15H13ClF3N3O3. The number of amides is 1. The minimum Gasteiger partial charge on any atom is -0.325 e. The molecule has 0 spiro atoms. The lowest BCUT2D eigenvalue weighted by Gasteiger charge is -2.11. The zero-order valence-electron chi connectivity index (χ0n) is 12.9. The van der Waals surface area contributed by atoms with E-state index in [-0.39, 0.29) is 29.1 Å². The summed E-state index contributed by atoms with van der Waals surface area (Å²) in [6, 6.07) is 2.58. The Hall–Kier alpha value is -2.55. The molecule has 0 aliphatic carbocycles. The zero-order valence-corrected chi connectivity index (χ0v) is 13.6. The van der Waals surface area contributed by atoms with Gasteiger partial charge in [0.25, 0.3) is 5.56 Å². The molecule has 0 saturated heterocycles. The molecule has 0 saturated carbocycles. The predicted octanol–water partition coefficient (Wildman–Crippen LogP) is 2.62. The number of carbonyl (C=O) groups excluding carboxylic acids is 1. The number of anilines is 1. The number of H-pyrrole nitrogens is 2. The van der Waals surface area contributed by atoms with Crippen LogP contribution in [-0.2, 0) is 17.4 Å². The van der Waals surface area contributed by atoms with Crippen LogP contribution in [0.4, 0.5) is 18.9 Å². The summed E-state index contributed by atoms with van der Waals surface area (Å²) in [4.78, 5) is 39.2. The molecule has 1 amide bonds. The lowest BCUT2D eigenvalue weighted by atomic mass is 10.1. The Kier molecular flexibility index (Phi) is 5.36. The summed E-state index contributed by atoms with van der Waals surface area (Å²) in [5, 5.41) is 2.25. The molecule has 134 valence electrons. The van der Waals surface area contributed by atoms with Crippen LogP contribution in [0.5, 0.6) is 0 Å². The van der Waals surface area contributed by atoms with E-state index in [2.05, 4.69) is 10.3 Å². The van der Waals surface area contributed by atoms with Crippen molar-refractivity contribution in [2.24, 2.45) is 0 Å². The smallest absolute Gasteiger partial charge is 0.325 e. The summed E-state index contributed by atoms with van der Waals surface area (Å²) in [6.07, 6.45) is -4.74. The maximum absolute atomic E-state index is 12.7. The second-order valence-electron chi connectivity index (χ2n) is 5.25. The first kappa shape index (κ1) is 18.8. The van der Waals surface area contributed by atoms with Crippen LogP contribution < -0.4 is 16.6 Å². The van der Waals surface area contributed by atoms with E-state index in [0.29, 0.717) is 5.69 Å². The molecule has 2 aromatic rings. The molecule has 1 aromatic carbocycles. The van der Waals surface area contributed by atoms with Crippen LogP contribution in [0.3, 0.4) is 0 Å². The van der Waals surface area contributed by atoms with E-state index in [1.165, 1.54) is 6.92 Å².